The van der Waals surface area contributed by atoms with Crippen LogP contribution in [0.25, 0.3) is 0 Å². The van der Waals surface area contributed by atoms with Crippen LogP contribution in [0.4, 0.5) is 4.79 Å². The van der Waals surface area contributed by atoms with E-state index < -0.39 is 17.1 Å². The molecule has 6 rings (SSSR count). The van der Waals surface area contributed by atoms with Gasteiger partial charge in [0.25, 0.3) is 0 Å². The zero-order valence-electron chi connectivity index (χ0n) is 29.7. The highest BCUT2D eigenvalue weighted by Gasteiger charge is 2.57. The van der Waals surface area contributed by atoms with Crippen LogP contribution in [-0.4, -0.2) is 65.4 Å². The second-order valence-corrected chi connectivity index (χ2v) is 14.5. The van der Waals surface area contributed by atoms with Crippen molar-refractivity contribution in [1.82, 2.24) is 10.2 Å². The first kappa shape index (κ1) is 36.5. The fraction of sp³-hybridized carbons (Fsp3) is 0.476. The van der Waals surface area contributed by atoms with Gasteiger partial charge in [-0.15, -0.1) is 0 Å². The van der Waals surface area contributed by atoms with Crippen LogP contribution in [0.5, 0.6) is 0 Å². The van der Waals surface area contributed by atoms with Crippen LogP contribution in [0.15, 0.2) is 90.5 Å². The zero-order valence-corrected chi connectivity index (χ0v) is 29.7. The van der Waals surface area contributed by atoms with Crippen molar-refractivity contribution < 1.29 is 24.5 Å². The summed E-state index contributed by atoms with van der Waals surface area (Å²) in [5, 5.41) is 27.0. The van der Waals surface area contributed by atoms with Gasteiger partial charge in [-0.1, -0.05) is 91.4 Å². The molecule has 7 heteroatoms. The van der Waals surface area contributed by atoms with E-state index in [1.165, 1.54) is 5.57 Å². The van der Waals surface area contributed by atoms with Crippen LogP contribution in [-0.2, 0) is 11.2 Å². The van der Waals surface area contributed by atoms with Gasteiger partial charge in [0, 0.05) is 36.8 Å². The number of aliphatic hydroxyl groups excluding tert-OH is 1. The molecule has 0 saturated heterocycles. The zero-order chi connectivity index (χ0) is 35.0. The molecule has 0 heterocycles. The Morgan fingerprint density at radius 3 is 2.45 bits per heavy atom. The Morgan fingerprint density at radius 2 is 1.73 bits per heavy atom. The minimum absolute atomic E-state index is 0.0527. The number of fused-ring (bicyclic) bond motifs is 8. The number of allylic oxidation sites excluding steroid dienone is 2. The number of methoxy groups -OCH3 is 1. The lowest BCUT2D eigenvalue weighted by Gasteiger charge is -2.46. The summed E-state index contributed by atoms with van der Waals surface area (Å²) in [6.07, 6.45) is 6.89. The summed E-state index contributed by atoms with van der Waals surface area (Å²) in [6, 6.07) is 24.9. The molecule has 0 spiro atoms. The molecular weight excluding hydrogens is 612 g/mol. The first-order valence-corrected chi connectivity index (χ1v) is 17.9. The molecule has 3 N–H and O–H groups in total. The number of benzene rings is 3. The molecule has 0 aliphatic heterocycles. The fourth-order valence-electron chi connectivity index (χ4n) is 8.01. The predicted octanol–water partition coefficient (Wildman–Crippen LogP) is 7.77. The maximum Gasteiger partial charge on any atom is 0.317 e. The van der Waals surface area contributed by atoms with Crippen LogP contribution in [0.3, 0.4) is 0 Å². The molecule has 7 nitrogen and oxygen atoms in total. The molecule has 262 valence electrons. The summed E-state index contributed by atoms with van der Waals surface area (Å²) >= 11 is 0. The Bertz CT molecular complexity index is 1590. The Morgan fingerprint density at radius 1 is 1.02 bits per heavy atom. The Labute approximate surface area is 292 Å². The van der Waals surface area contributed by atoms with E-state index in [4.69, 9.17) is 4.74 Å². The van der Waals surface area contributed by atoms with Crippen molar-refractivity contribution in [1.29, 1.82) is 0 Å². The van der Waals surface area contributed by atoms with Crippen LogP contribution in [0.2, 0.25) is 0 Å². The SMILES string of the molecule is COCCCN(C[C@]1(O)CC[C@H]2c3ccc(cc3C(=O)c3ccccc3)C[C@@H](O)CCC(C)=CCC[C@@]21C)C(=O)N[C@H](C)c1ccccc1. The molecule has 3 aliphatic carbocycles. The number of nitrogens with one attached hydrogen (secondary N) is 1. The van der Waals surface area contributed by atoms with Gasteiger partial charge in [0.2, 0.25) is 0 Å². The van der Waals surface area contributed by atoms with Gasteiger partial charge in [0.05, 0.1) is 24.3 Å². The maximum absolute atomic E-state index is 14.2. The molecule has 3 aromatic carbocycles. The smallest absolute Gasteiger partial charge is 0.317 e. The van der Waals surface area contributed by atoms with E-state index in [9.17, 15) is 19.8 Å². The van der Waals surface area contributed by atoms with Crippen molar-refractivity contribution in [3.63, 3.8) is 0 Å². The Balaban J connectivity index is 1.53. The number of amides is 2. The topological polar surface area (TPSA) is 99.1 Å². The third-order valence-corrected chi connectivity index (χ3v) is 11.1. The highest BCUT2D eigenvalue weighted by Crippen LogP contribution is 2.59. The molecule has 1 saturated carbocycles. The molecule has 0 unspecified atom stereocenters. The van der Waals surface area contributed by atoms with Gasteiger partial charge in [-0.25, -0.2) is 4.79 Å². The number of hydrogen-bond donors (Lipinski definition) is 3. The van der Waals surface area contributed by atoms with Gasteiger partial charge < -0.3 is 25.2 Å². The third-order valence-electron chi connectivity index (χ3n) is 11.1. The van der Waals surface area contributed by atoms with Gasteiger partial charge in [0.1, 0.15) is 0 Å². The Hall–Kier alpha value is -3.78. The van der Waals surface area contributed by atoms with Crippen LogP contribution in [0, 0.1) is 5.41 Å². The predicted molar refractivity (Wildman–Crippen MR) is 195 cm³/mol. The Kier molecular flexibility index (Phi) is 12.1. The van der Waals surface area contributed by atoms with Crippen molar-refractivity contribution in [2.75, 3.05) is 26.8 Å². The van der Waals surface area contributed by atoms with E-state index in [0.29, 0.717) is 62.8 Å². The van der Waals surface area contributed by atoms with Crippen molar-refractivity contribution >= 4 is 11.8 Å². The van der Waals surface area contributed by atoms with Crippen LogP contribution in [0.1, 0.15) is 110 Å². The average Bonchev–Trinajstić information content (AvgIpc) is 3.36. The molecule has 1 fully saturated rings. The number of ether oxygens (including phenoxy) is 1. The summed E-state index contributed by atoms with van der Waals surface area (Å²) < 4.78 is 5.35. The lowest BCUT2D eigenvalue weighted by atomic mass is 9.64. The number of nitrogens with zero attached hydrogens (tertiary/aromatic N) is 1. The van der Waals surface area contributed by atoms with Gasteiger partial charge in [-0.2, -0.15) is 0 Å². The van der Waals surface area contributed by atoms with E-state index in [2.05, 4.69) is 31.3 Å². The lowest BCUT2D eigenvalue weighted by Crippen LogP contribution is -2.55. The largest absolute Gasteiger partial charge is 0.393 e. The molecule has 3 aliphatic rings. The van der Waals surface area contributed by atoms with Crippen molar-refractivity contribution in [3.05, 3.63) is 118 Å². The molecule has 0 radical (unpaired) electrons. The van der Waals surface area contributed by atoms with E-state index >= 15 is 0 Å². The first-order valence-electron chi connectivity index (χ1n) is 17.9. The maximum atomic E-state index is 14.2. The first-order chi connectivity index (χ1) is 23.5. The van der Waals surface area contributed by atoms with Gasteiger partial charge in [-0.05, 0) is 93.9 Å². The normalized spacial score (nSPS) is 24.7. The third kappa shape index (κ3) is 8.51. The number of urea groups is 1. The lowest BCUT2D eigenvalue weighted by molar-refractivity contribution is -0.0775. The summed E-state index contributed by atoms with van der Waals surface area (Å²) in [4.78, 5) is 29.9. The van der Waals surface area contributed by atoms with Gasteiger partial charge in [0.15, 0.2) is 5.78 Å². The number of ketones is 1. The monoisotopic (exact) mass is 666 g/mol. The minimum Gasteiger partial charge on any atom is -0.393 e. The van der Waals surface area contributed by atoms with E-state index in [0.717, 1.165) is 29.5 Å². The summed E-state index contributed by atoms with van der Waals surface area (Å²) in [5.74, 6) is -0.175. The van der Waals surface area contributed by atoms with Crippen molar-refractivity contribution in [3.8, 4) is 0 Å². The summed E-state index contributed by atoms with van der Waals surface area (Å²) in [5.41, 5.74) is 3.48. The second-order valence-electron chi connectivity index (χ2n) is 14.5. The molecule has 5 atom stereocenters. The summed E-state index contributed by atoms with van der Waals surface area (Å²) in [7, 11) is 1.66. The van der Waals surface area contributed by atoms with E-state index in [-0.39, 0.29) is 30.3 Å². The number of carbonyl (C=O) groups is 2. The van der Waals surface area contributed by atoms with Gasteiger partial charge in [-0.3, -0.25) is 4.79 Å². The van der Waals surface area contributed by atoms with Crippen LogP contribution >= 0.6 is 0 Å². The minimum atomic E-state index is -1.21. The fourth-order valence-corrected chi connectivity index (χ4v) is 8.01. The molecule has 2 bridgehead atoms. The number of rotatable bonds is 10. The molecule has 3 aromatic rings. The summed E-state index contributed by atoms with van der Waals surface area (Å²) in [6.45, 7) is 7.37. The average molecular weight is 667 g/mol. The molecule has 49 heavy (non-hydrogen) atoms. The number of aliphatic hydroxyl groups is 2. The number of hydrogen-bond acceptors (Lipinski definition) is 5. The second kappa shape index (κ2) is 16.3. The molecular formula is C42H54N2O5. The standard InChI is InChI=1S/C42H54N2O5/c1-30-13-11-23-41(3)38(36-21-19-32(27-35(45)20-18-30)28-37(36)39(46)34-16-9-6-10-17-34)22-24-42(41,48)29-44(25-12-26-49-4)40(47)43-31(2)33-14-7-5-8-15-33/h5-10,13-17,19,21,28,31,35,38,45,48H,11-12,18,20,22-27,29H2,1-4H3,(H,43,47)/t31-,35+,38+,41+,42-/m1/s1. The van der Waals surface area contributed by atoms with Crippen molar-refractivity contribution in [2.45, 2.75) is 95.8 Å². The van der Waals surface area contributed by atoms with E-state index in [1.807, 2.05) is 79.7 Å². The van der Waals surface area contributed by atoms with Gasteiger partial charge >= 0.3 is 6.03 Å². The van der Waals surface area contributed by atoms with Crippen LogP contribution < -0.4 is 5.32 Å². The van der Waals surface area contributed by atoms with Crippen molar-refractivity contribution in [2.24, 2.45) is 5.41 Å². The highest BCUT2D eigenvalue weighted by molar-refractivity contribution is 6.10. The molecule has 0 aromatic heterocycles. The highest BCUT2D eigenvalue weighted by atomic mass is 16.5. The quantitative estimate of drug-likeness (QED) is 0.117. The van der Waals surface area contributed by atoms with E-state index in [1.54, 1.807) is 12.0 Å². The molecule has 2 amide bonds. The number of carbonyl (C=O) groups excluding carboxylic acids is 2.